The van der Waals surface area contributed by atoms with Crippen molar-refractivity contribution in [2.24, 2.45) is 0 Å². The van der Waals surface area contributed by atoms with Gasteiger partial charge in [-0.1, -0.05) is 34.8 Å². The largest absolute Gasteiger partial charge is 0.493 e. The first kappa shape index (κ1) is 14.9. The minimum Gasteiger partial charge on any atom is -0.493 e. The van der Waals surface area contributed by atoms with Gasteiger partial charge in [-0.2, -0.15) is 0 Å². The van der Waals surface area contributed by atoms with Gasteiger partial charge in [0.1, 0.15) is 5.75 Å². The number of ketones is 1. The molecule has 0 aliphatic heterocycles. The molecule has 20 heavy (non-hydrogen) atoms. The maximum atomic E-state index is 12.6. The van der Waals surface area contributed by atoms with Gasteiger partial charge in [0, 0.05) is 15.6 Å². The molecule has 2 aromatic carbocycles. The van der Waals surface area contributed by atoms with E-state index in [0.29, 0.717) is 33.5 Å². The Morgan fingerprint density at radius 1 is 1.10 bits per heavy atom. The third-order valence-corrected chi connectivity index (χ3v) is 3.24. The van der Waals surface area contributed by atoms with E-state index >= 15 is 0 Å². The number of carbonyl (C=O) groups is 1. The molecule has 2 rings (SSSR count). The number of carbonyl (C=O) groups excluding carboxylic acids is 1. The normalized spacial score (nSPS) is 10.4. The Kier molecular flexibility index (Phi) is 4.69. The van der Waals surface area contributed by atoms with Crippen molar-refractivity contribution in [3.05, 3.63) is 63.1 Å². The lowest BCUT2D eigenvalue weighted by atomic mass is 10.0. The average molecular weight is 309 g/mol. The van der Waals surface area contributed by atoms with Crippen LogP contribution in [0, 0.1) is 6.92 Å². The number of aryl methyl sites for hydroxylation is 1. The number of rotatable bonds is 4. The predicted molar refractivity (Wildman–Crippen MR) is 82.2 cm³/mol. The van der Waals surface area contributed by atoms with Gasteiger partial charge in [-0.3, -0.25) is 4.79 Å². The zero-order valence-corrected chi connectivity index (χ0v) is 12.8. The maximum absolute atomic E-state index is 12.6. The SMILES string of the molecule is CCOc1ccc(C)cc1C(=O)c1cc(Cl)cc(Cl)c1. The monoisotopic (exact) mass is 308 g/mol. The second-order valence-electron chi connectivity index (χ2n) is 4.42. The van der Waals surface area contributed by atoms with Crippen LogP contribution in [-0.2, 0) is 0 Å². The Bertz CT molecular complexity index is 631. The summed E-state index contributed by atoms with van der Waals surface area (Å²) in [5, 5.41) is 0.873. The number of ether oxygens (including phenoxy) is 1. The first-order valence-electron chi connectivity index (χ1n) is 6.25. The fourth-order valence-electron chi connectivity index (χ4n) is 1.94. The zero-order chi connectivity index (χ0) is 14.7. The first-order chi connectivity index (χ1) is 9.51. The van der Waals surface area contributed by atoms with E-state index in [1.54, 1.807) is 24.3 Å². The minimum absolute atomic E-state index is 0.151. The summed E-state index contributed by atoms with van der Waals surface area (Å²) in [6.07, 6.45) is 0. The summed E-state index contributed by atoms with van der Waals surface area (Å²) in [7, 11) is 0. The molecule has 2 aromatic rings. The van der Waals surface area contributed by atoms with Crippen LogP contribution < -0.4 is 4.74 Å². The van der Waals surface area contributed by atoms with E-state index in [-0.39, 0.29) is 5.78 Å². The number of hydrogen-bond donors (Lipinski definition) is 0. The Balaban J connectivity index is 2.49. The highest BCUT2D eigenvalue weighted by molar-refractivity contribution is 6.35. The topological polar surface area (TPSA) is 26.3 Å². The van der Waals surface area contributed by atoms with Crippen molar-refractivity contribution in [2.75, 3.05) is 6.61 Å². The Morgan fingerprint density at radius 2 is 1.75 bits per heavy atom. The molecule has 0 radical (unpaired) electrons. The Labute approximate surface area is 128 Å². The van der Waals surface area contributed by atoms with E-state index in [9.17, 15) is 4.79 Å². The van der Waals surface area contributed by atoms with E-state index in [1.165, 1.54) is 0 Å². The van der Waals surface area contributed by atoms with Crippen molar-refractivity contribution in [1.29, 1.82) is 0 Å². The summed E-state index contributed by atoms with van der Waals surface area (Å²) in [5.41, 5.74) is 1.96. The fourth-order valence-corrected chi connectivity index (χ4v) is 2.47. The van der Waals surface area contributed by atoms with Crippen molar-refractivity contribution in [3.8, 4) is 5.75 Å². The van der Waals surface area contributed by atoms with Gasteiger partial charge < -0.3 is 4.74 Å². The van der Waals surface area contributed by atoms with Crippen LogP contribution in [0.3, 0.4) is 0 Å². The lowest BCUT2D eigenvalue weighted by molar-refractivity contribution is 0.103. The second-order valence-corrected chi connectivity index (χ2v) is 5.29. The minimum atomic E-state index is -0.151. The molecular formula is C16H14Cl2O2. The van der Waals surface area contributed by atoms with Gasteiger partial charge in [-0.25, -0.2) is 0 Å². The van der Waals surface area contributed by atoms with Gasteiger partial charge in [-0.15, -0.1) is 0 Å². The van der Waals surface area contributed by atoms with Gasteiger partial charge in [0.15, 0.2) is 5.78 Å². The van der Waals surface area contributed by atoms with Crippen LogP contribution in [0.1, 0.15) is 28.4 Å². The lowest BCUT2D eigenvalue weighted by Crippen LogP contribution is -2.06. The van der Waals surface area contributed by atoms with Crippen LogP contribution in [0.25, 0.3) is 0 Å². The molecular weight excluding hydrogens is 295 g/mol. The smallest absolute Gasteiger partial charge is 0.196 e. The highest BCUT2D eigenvalue weighted by Crippen LogP contribution is 2.26. The van der Waals surface area contributed by atoms with Gasteiger partial charge in [0.25, 0.3) is 0 Å². The molecule has 4 heteroatoms. The molecule has 0 saturated heterocycles. The van der Waals surface area contributed by atoms with Crippen molar-refractivity contribution in [2.45, 2.75) is 13.8 Å². The molecule has 0 fully saturated rings. The van der Waals surface area contributed by atoms with E-state index in [1.807, 2.05) is 26.0 Å². The molecule has 0 amide bonds. The highest BCUT2D eigenvalue weighted by Gasteiger charge is 2.16. The van der Waals surface area contributed by atoms with Gasteiger partial charge in [0.05, 0.1) is 12.2 Å². The summed E-state index contributed by atoms with van der Waals surface area (Å²) in [4.78, 5) is 12.6. The predicted octanol–water partition coefficient (Wildman–Crippen LogP) is 4.93. The molecule has 0 aliphatic rings. The molecule has 0 heterocycles. The van der Waals surface area contributed by atoms with E-state index in [2.05, 4.69) is 0 Å². The van der Waals surface area contributed by atoms with Crippen LogP contribution >= 0.6 is 23.2 Å². The standard InChI is InChI=1S/C16H14Cl2O2/c1-3-20-15-5-4-10(2)6-14(15)16(19)11-7-12(17)9-13(18)8-11/h4-9H,3H2,1-2H3. The van der Waals surface area contributed by atoms with Crippen LogP contribution in [0.4, 0.5) is 0 Å². The summed E-state index contributed by atoms with van der Waals surface area (Å²) >= 11 is 11.9. The van der Waals surface area contributed by atoms with Gasteiger partial charge >= 0.3 is 0 Å². The average Bonchev–Trinajstić information content (AvgIpc) is 2.39. The summed E-state index contributed by atoms with van der Waals surface area (Å²) in [6.45, 7) is 4.31. The van der Waals surface area contributed by atoms with Gasteiger partial charge in [0.2, 0.25) is 0 Å². The van der Waals surface area contributed by atoms with E-state index < -0.39 is 0 Å². The third kappa shape index (κ3) is 3.33. The van der Waals surface area contributed by atoms with Crippen LogP contribution in [0.15, 0.2) is 36.4 Å². The first-order valence-corrected chi connectivity index (χ1v) is 7.01. The molecule has 0 unspecified atom stereocenters. The highest BCUT2D eigenvalue weighted by atomic mass is 35.5. The molecule has 0 saturated carbocycles. The molecule has 0 aromatic heterocycles. The number of hydrogen-bond acceptors (Lipinski definition) is 2. The third-order valence-electron chi connectivity index (χ3n) is 2.80. The molecule has 0 bridgehead atoms. The van der Waals surface area contributed by atoms with Crippen LogP contribution in [0.5, 0.6) is 5.75 Å². The Hall–Kier alpha value is -1.51. The van der Waals surface area contributed by atoms with E-state index in [4.69, 9.17) is 27.9 Å². The van der Waals surface area contributed by atoms with Crippen LogP contribution in [-0.4, -0.2) is 12.4 Å². The number of halogens is 2. The second kappa shape index (κ2) is 6.29. The number of benzene rings is 2. The van der Waals surface area contributed by atoms with Crippen LogP contribution in [0.2, 0.25) is 10.0 Å². The molecule has 0 spiro atoms. The molecule has 0 atom stereocenters. The van der Waals surface area contributed by atoms with Crippen molar-refractivity contribution >= 4 is 29.0 Å². The zero-order valence-electron chi connectivity index (χ0n) is 11.2. The van der Waals surface area contributed by atoms with E-state index in [0.717, 1.165) is 5.56 Å². The Morgan fingerprint density at radius 3 is 2.35 bits per heavy atom. The van der Waals surface area contributed by atoms with Crippen molar-refractivity contribution in [3.63, 3.8) is 0 Å². The molecule has 2 nitrogen and oxygen atoms in total. The summed E-state index contributed by atoms with van der Waals surface area (Å²) in [6, 6.07) is 10.3. The lowest BCUT2D eigenvalue weighted by Gasteiger charge is -2.11. The van der Waals surface area contributed by atoms with Gasteiger partial charge in [-0.05, 0) is 44.2 Å². The molecule has 0 N–H and O–H groups in total. The fraction of sp³-hybridized carbons (Fsp3) is 0.188. The molecule has 0 aliphatic carbocycles. The van der Waals surface area contributed by atoms with Crippen molar-refractivity contribution in [1.82, 2.24) is 0 Å². The quantitative estimate of drug-likeness (QED) is 0.748. The summed E-state index contributed by atoms with van der Waals surface area (Å²) in [5.74, 6) is 0.417. The molecule has 104 valence electrons. The maximum Gasteiger partial charge on any atom is 0.196 e. The van der Waals surface area contributed by atoms with Crippen molar-refractivity contribution < 1.29 is 9.53 Å². The summed E-state index contributed by atoms with van der Waals surface area (Å²) < 4.78 is 5.51.